The molecule has 3 atom stereocenters. The molecule has 42 heavy (non-hydrogen) atoms. The minimum Gasteiger partial charge on any atom is -0.392 e. The van der Waals surface area contributed by atoms with Crippen LogP contribution in [0.5, 0.6) is 0 Å². The van der Waals surface area contributed by atoms with Gasteiger partial charge in [-0.05, 0) is 47.5 Å². The van der Waals surface area contributed by atoms with E-state index >= 15 is 0 Å². The summed E-state index contributed by atoms with van der Waals surface area (Å²) in [5.74, 6) is 0.669. The maximum absolute atomic E-state index is 13.4. The van der Waals surface area contributed by atoms with Crippen LogP contribution in [0.1, 0.15) is 35.5 Å². The number of benzene rings is 3. The summed E-state index contributed by atoms with van der Waals surface area (Å²) < 4.78 is 42.4. The Morgan fingerprint density at radius 1 is 0.857 bits per heavy atom. The molecule has 10 heteroatoms. The molecule has 2 N–H and O–H groups in total. The summed E-state index contributed by atoms with van der Waals surface area (Å²) in [5, 5.41) is 11.1. The molecule has 1 fully saturated rings. The number of aliphatic hydroxyl groups excluding tert-OH is 1. The molecule has 0 aliphatic carbocycles. The van der Waals surface area contributed by atoms with E-state index in [1.54, 1.807) is 60.6 Å². The van der Waals surface area contributed by atoms with Crippen LogP contribution in [-0.2, 0) is 26.1 Å². The van der Waals surface area contributed by atoms with E-state index in [-0.39, 0.29) is 23.7 Å². The average Bonchev–Trinajstić information content (AvgIpc) is 3.04. The number of thioether (sulfide) groups is 1. The Morgan fingerprint density at radius 3 is 2.48 bits per heavy atom. The van der Waals surface area contributed by atoms with Gasteiger partial charge in [0.2, 0.25) is 0 Å². The molecular formula is C32H29N3O5S2. The van der Waals surface area contributed by atoms with Crippen molar-refractivity contribution in [3.05, 3.63) is 126 Å². The van der Waals surface area contributed by atoms with Crippen molar-refractivity contribution in [3.63, 3.8) is 0 Å². The van der Waals surface area contributed by atoms with Gasteiger partial charge in [-0.2, -0.15) is 0 Å². The van der Waals surface area contributed by atoms with Crippen molar-refractivity contribution in [2.75, 3.05) is 10.5 Å². The lowest BCUT2D eigenvalue weighted by molar-refractivity contribution is -0.245. The first-order chi connectivity index (χ1) is 20.5. The lowest BCUT2D eigenvalue weighted by Crippen LogP contribution is -2.31. The fraction of sp³-hybridized carbons (Fsp3) is 0.188. The van der Waals surface area contributed by atoms with Crippen LogP contribution < -0.4 is 4.72 Å². The number of para-hydroxylation sites is 1. The van der Waals surface area contributed by atoms with Gasteiger partial charge in [0.25, 0.3) is 10.0 Å². The van der Waals surface area contributed by atoms with Gasteiger partial charge in [-0.3, -0.25) is 9.71 Å². The number of aromatic nitrogens is 2. The monoisotopic (exact) mass is 599 g/mol. The van der Waals surface area contributed by atoms with Crippen LogP contribution in [-0.4, -0.2) is 35.3 Å². The lowest BCUT2D eigenvalue weighted by atomic mass is 10.0. The Balaban J connectivity index is 1.25. The molecule has 1 aliphatic heterocycles. The van der Waals surface area contributed by atoms with Crippen LogP contribution in [0.25, 0.3) is 10.9 Å². The quantitative estimate of drug-likeness (QED) is 0.191. The van der Waals surface area contributed by atoms with E-state index < -0.39 is 16.3 Å². The van der Waals surface area contributed by atoms with E-state index in [0.717, 1.165) is 21.5 Å². The van der Waals surface area contributed by atoms with Gasteiger partial charge in [-0.25, -0.2) is 13.4 Å². The first-order valence-corrected chi connectivity index (χ1v) is 16.0. The van der Waals surface area contributed by atoms with Gasteiger partial charge in [0.05, 0.1) is 29.4 Å². The zero-order valence-corrected chi connectivity index (χ0v) is 24.2. The van der Waals surface area contributed by atoms with Crippen LogP contribution in [0.4, 0.5) is 5.69 Å². The summed E-state index contributed by atoms with van der Waals surface area (Å²) in [6.07, 6.45) is 2.85. The van der Waals surface area contributed by atoms with Crippen LogP contribution in [0.15, 0.2) is 119 Å². The van der Waals surface area contributed by atoms with Gasteiger partial charge in [-0.15, -0.1) is 11.8 Å². The molecule has 214 valence electrons. The van der Waals surface area contributed by atoms with E-state index in [1.165, 1.54) is 0 Å². The van der Waals surface area contributed by atoms with Crippen LogP contribution in [0.2, 0.25) is 0 Å². The van der Waals surface area contributed by atoms with Crippen molar-refractivity contribution in [1.82, 2.24) is 9.97 Å². The Bertz CT molecular complexity index is 1760. The molecule has 3 aromatic carbocycles. The number of nitrogens with one attached hydrogen (secondary N) is 1. The highest BCUT2D eigenvalue weighted by Crippen LogP contribution is 2.40. The summed E-state index contributed by atoms with van der Waals surface area (Å²) in [6, 6.07) is 29.3. The standard InChI is InChI=1S/C32H29N3O5S2/c36-20-22-12-14-23(15-13-22)28-19-27(21-41-30-11-1-2-16-33-30)39-32(40-28)25-7-3-9-26(18-25)35-42(37,38)29-10-4-6-24-8-5-17-34-31(24)29/h1-18,27-28,32,35-36H,19-21H2. The first kappa shape index (κ1) is 28.3. The lowest BCUT2D eigenvalue weighted by Gasteiger charge is -2.36. The Morgan fingerprint density at radius 2 is 1.67 bits per heavy atom. The fourth-order valence-corrected chi connectivity index (χ4v) is 7.00. The van der Waals surface area contributed by atoms with Crippen molar-refractivity contribution in [2.24, 2.45) is 0 Å². The minimum atomic E-state index is -3.92. The predicted octanol–water partition coefficient (Wildman–Crippen LogP) is 6.26. The van der Waals surface area contributed by atoms with E-state index in [0.29, 0.717) is 28.9 Å². The van der Waals surface area contributed by atoms with Gasteiger partial charge in [0.1, 0.15) is 4.90 Å². The molecule has 8 nitrogen and oxygen atoms in total. The third kappa shape index (κ3) is 6.48. The molecule has 3 heterocycles. The number of ether oxygens (including phenoxy) is 2. The summed E-state index contributed by atoms with van der Waals surface area (Å²) in [5.41, 5.74) is 3.29. The van der Waals surface area contributed by atoms with Crippen molar-refractivity contribution < 1.29 is 23.0 Å². The van der Waals surface area contributed by atoms with E-state index in [4.69, 9.17) is 9.47 Å². The number of nitrogens with zero attached hydrogens (tertiary/aromatic N) is 2. The molecular weight excluding hydrogens is 571 g/mol. The van der Waals surface area contributed by atoms with E-state index in [9.17, 15) is 13.5 Å². The SMILES string of the molecule is O=S(=O)(Nc1cccc(C2OC(CSc3ccccn3)CC(c3ccc(CO)cc3)O2)c1)c1cccc2cccnc12. The summed E-state index contributed by atoms with van der Waals surface area (Å²) in [6.45, 7) is -0.0293. The van der Waals surface area contributed by atoms with Gasteiger partial charge in [-0.1, -0.05) is 60.7 Å². The van der Waals surface area contributed by atoms with Gasteiger partial charge in [0, 0.05) is 41.2 Å². The number of sulfonamides is 1. The summed E-state index contributed by atoms with van der Waals surface area (Å²) >= 11 is 1.61. The molecule has 0 amide bonds. The number of pyridine rings is 2. The van der Waals surface area contributed by atoms with Crippen LogP contribution in [0, 0.1) is 0 Å². The first-order valence-electron chi connectivity index (χ1n) is 13.5. The van der Waals surface area contributed by atoms with Crippen molar-refractivity contribution in [1.29, 1.82) is 0 Å². The molecule has 5 aromatic rings. The Kier molecular flexibility index (Phi) is 8.50. The maximum atomic E-state index is 13.4. The largest absolute Gasteiger partial charge is 0.392 e. The second-order valence-corrected chi connectivity index (χ2v) is 12.6. The second-order valence-electron chi connectivity index (χ2n) is 9.89. The number of fused-ring (bicyclic) bond motifs is 1. The molecule has 0 spiro atoms. The second kappa shape index (κ2) is 12.6. The molecule has 0 bridgehead atoms. The fourth-order valence-electron chi connectivity index (χ4n) is 4.89. The predicted molar refractivity (Wildman–Crippen MR) is 162 cm³/mol. The van der Waals surface area contributed by atoms with Crippen LogP contribution >= 0.6 is 11.8 Å². The van der Waals surface area contributed by atoms with Crippen molar-refractivity contribution >= 4 is 38.4 Å². The molecule has 0 radical (unpaired) electrons. The number of hydrogen-bond donors (Lipinski definition) is 2. The highest BCUT2D eigenvalue weighted by molar-refractivity contribution is 7.99. The molecule has 6 rings (SSSR count). The third-order valence-electron chi connectivity index (χ3n) is 6.97. The zero-order valence-electron chi connectivity index (χ0n) is 22.5. The summed E-state index contributed by atoms with van der Waals surface area (Å²) in [7, 11) is -3.92. The number of anilines is 1. The molecule has 0 saturated carbocycles. The van der Waals surface area contributed by atoms with Gasteiger partial charge >= 0.3 is 0 Å². The molecule has 2 aromatic heterocycles. The maximum Gasteiger partial charge on any atom is 0.264 e. The van der Waals surface area contributed by atoms with Crippen molar-refractivity contribution in [2.45, 2.75) is 41.4 Å². The minimum absolute atomic E-state index is 0.0293. The van der Waals surface area contributed by atoms with Gasteiger partial charge in [0.15, 0.2) is 6.29 Å². The topological polar surface area (TPSA) is 111 Å². The molecule has 3 unspecified atom stereocenters. The number of hydrogen-bond acceptors (Lipinski definition) is 8. The molecule has 1 aliphatic rings. The average molecular weight is 600 g/mol. The van der Waals surface area contributed by atoms with Gasteiger partial charge < -0.3 is 14.6 Å². The van der Waals surface area contributed by atoms with Crippen molar-refractivity contribution in [3.8, 4) is 0 Å². The Hall–Kier alpha value is -3.80. The molecule has 1 saturated heterocycles. The Labute approximate surface area is 248 Å². The highest BCUT2D eigenvalue weighted by Gasteiger charge is 2.32. The van der Waals surface area contributed by atoms with Crippen LogP contribution in [0.3, 0.4) is 0 Å². The summed E-state index contributed by atoms with van der Waals surface area (Å²) in [4.78, 5) is 8.81. The number of aliphatic hydroxyl groups is 1. The smallest absolute Gasteiger partial charge is 0.264 e. The highest BCUT2D eigenvalue weighted by atomic mass is 32.2. The third-order valence-corrected chi connectivity index (χ3v) is 9.45. The normalized spacial score (nSPS) is 19.0. The van der Waals surface area contributed by atoms with E-state index in [1.807, 2.05) is 60.7 Å². The van der Waals surface area contributed by atoms with E-state index in [2.05, 4.69) is 14.7 Å². The zero-order chi connectivity index (χ0) is 28.9. The number of rotatable bonds is 9.